The predicted octanol–water partition coefficient (Wildman–Crippen LogP) is -1.53. The number of aliphatic imine (C=N–C) groups is 1. The van der Waals surface area contributed by atoms with Crippen LogP contribution in [0.4, 0.5) is 0 Å². The van der Waals surface area contributed by atoms with Crippen molar-refractivity contribution in [1.29, 1.82) is 0 Å². The van der Waals surface area contributed by atoms with Crippen LogP contribution >= 0.6 is 0 Å². The molecule has 0 aliphatic rings. The summed E-state index contributed by atoms with van der Waals surface area (Å²) in [6, 6.07) is 0. The van der Waals surface area contributed by atoms with Crippen LogP contribution in [-0.2, 0) is 6.54 Å². The molecule has 0 fully saturated rings. The fraction of sp³-hybridized carbons (Fsp3) is 0.667. The van der Waals surface area contributed by atoms with E-state index in [0.717, 1.165) is 5.96 Å². The minimum absolute atomic E-state index is 0.667. The fourth-order valence-electron chi connectivity index (χ4n) is 0.845. The molecule has 72 valence electrons. The average molecular weight is 183 g/mol. The SMILES string of the molecule is CN=C(NC)NCCn1ncnn1. The number of rotatable bonds is 3. The average Bonchev–Trinajstić information content (AvgIpc) is 2.65. The van der Waals surface area contributed by atoms with Gasteiger partial charge in [-0.25, -0.2) is 0 Å². The number of hydrogen-bond donors (Lipinski definition) is 2. The summed E-state index contributed by atoms with van der Waals surface area (Å²) in [5.41, 5.74) is 0. The zero-order valence-corrected chi connectivity index (χ0v) is 7.73. The fourth-order valence-corrected chi connectivity index (χ4v) is 0.845. The summed E-state index contributed by atoms with van der Waals surface area (Å²) < 4.78 is 0. The Morgan fingerprint density at radius 3 is 3.00 bits per heavy atom. The van der Waals surface area contributed by atoms with E-state index in [1.54, 1.807) is 7.05 Å². The van der Waals surface area contributed by atoms with Crippen LogP contribution in [0.15, 0.2) is 11.3 Å². The van der Waals surface area contributed by atoms with Gasteiger partial charge in [0, 0.05) is 20.6 Å². The van der Waals surface area contributed by atoms with Gasteiger partial charge < -0.3 is 10.6 Å². The van der Waals surface area contributed by atoms with E-state index in [-0.39, 0.29) is 0 Å². The summed E-state index contributed by atoms with van der Waals surface area (Å²) in [7, 11) is 3.52. The Bertz CT molecular complexity index is 252. The van der Waals surface area contributed by atoms with Crippen LogP contribution in [-0.4, -0.2) is 46.8 Å². The van der Waals surface area contributed by atoms with E-state index in [2.05, 4.69) is 31.0 Å². The lowest BCUT2D eigenvalue weighted by Crippen LogP contribution is -2.36. The lowest BCUT2D eigenvalue weighted by molar-refractivity contribution is 0.516. The van der Waals surface area contributed by atoms with Crippen LogP contribution < -0.4 is 10.6 Å². The molecule has 1 aromatic rings. The Labute approximate surface area is 76.2 Å². The summed E-state index contributed by atoms with van der Waals surface area (Å²) in [5.74, 6) is 0.750. The molecule has 1 aromatic heterocycles. The topological polar surface area (TPSA) is 80.0 Å². The van der Waals surface area contributed by atoms with E-state index in [9.17, 15) is 0 Å². The molecule has 1 rings (SSSR count). The maximum absolute atomic E-state index is 3.95. The molecule has 0 aliphatic carbocycles. The molecule has 0 unspecified atom stereocenters. The van der Waals surface area contributed by atoms with Crippen molar-refractivity contribution in [1.82, 2.24) is 30.8 Å². The molecule has 0 spiro atoms. The van der Waals surface area contributed by atoms with Crippen LogP contribution in [0, 0.1) is 0 Å². The van der Waals surface area contributed by atoms with Gasteiger partial charge in [0.15, 0.2) is 12.3 Å². The molecular formula is C6H13N7. The van der Waals surface area contributed by atoms with Gasteiger partial charge in [0.2, 0.25) is 0 Å². The van der Waals surface area contributed by atoms with Crippen molar-refractivity contribution in [3.63, 3.8) is 0 Å². The van der Waals surface area contributed by atoms with Gasteiger partial charge in [-0.2, -0.15) is 4.80 Å². The van der Waals surface area contributed by atoms with E-state index in [0.29, 0.717) is 13.1 Å². The van der Waals surface area contributed by atoms with Gasteiger partial charge in [-0.3, -0.25) is 4.99 Å². The van der Waals surface area contributed by atoms with E-state index >= 15 is 0 Å². The predicted molar refractivity (Wildman–Crippen MR) is 48.2 cm³/mol. The first-order chi connectivity index (χ1) is 6.36. The Balaban J connectivity index is 2.21. The van der Waals surface area contributed by atoms with Gasteiger partial charge >= 0.3 is 0 Å². The van der Waals surface area contributed by atoms with Gasteiger partial charge in [-0.05, 0) is 5.21 Å². The highest BCUT2D eigenvalue weighted by Gasteiger charge is 1.94. The highest BCUT2D eigenvalue weighted by molar-refractivity contribution is 5.79. The second-order valence-corrected chi connectivity index (χ2v) is 2.28. The van der Waals surface area contributed by atoms with E-state index in [1.807, 2.05) is 7.05 Å². The van der Waals surface area contributed by atoms with E-state index < -0.39 is 0 Å². The molecule has 13 heavy (non-hydrogen) atoms. The first kappa shape index (κ1) is 9.43. The number of guanidine groups is 1. The van der Waals surface area contributed by atoms with Gasteiger partial charge in [0.25, 0.3) is 0 Å². The van der Waals surface area contributed by atoms with Gasteiger partial charge in [-0.1, -0.05) is 0 Å². The van der Waals surface area contributed by atoms with Crippen molar-refractivity contribution in [2.45, 2.75) is 6.54 Å². The smallest absolute Gasteiger partial charge is 0.190 e. The third-order valence-electron chi connectivity index (χ3n) is 1.46. The van der Waals surface area contributed by atoms with Crippen LogP contribution in [0.2, 0.25) is 0 Å². The first-order valence-electron chi connectivity index (χ1n) is 3.96. The summed E-state index contributed by atoms with van der Waals surface area (Å²) in [6.07, 6.45) is 1.41. The molecule has 7 heteroatoms. The third kappa shape index (κ3) is 3.06. The van der Waals surface area contributed by atoms with Crippen LogP contribution in [0.25, 0.3) is 0 Å². The first-order valence-corrected chi connectivity index (χ1v) is 3.96. The Morgan fingerprint density at radius 1 is 1.62 bits per heavy atom. The van der Waals surface area contributed by atoms with Gasteiger partial charge in [-0.15, -0.1) is 10.2 Å². The molecule has 0 saturated carbocycles. The molecular weight excluding hydrogens is 170 g/mol. The molecule has 0 aromatic carbocycles. The summed E-state index contributed by atoms with van der Waals surface area (Å²) in [6.45, 7) is 1.38. The van der Waals surface area contributed by atoms with E-state index in [4.69, 9.17) is 0 Å². The molecule has 7 nitrogen and oxygen atoms in total. The number of aromatic nitrogens is 4. The largest absolute Gasteiger partial charge is 0.359 e. The third-order valence-corrected chi connectivity index (χ3v) is 1.46. The summed E-state index contributed by atoms with van der Waals surface area (Å²) >= 11 is 0. The number of tetrazole rings is 1. The Hall–Kier alpha value is -1.66. The molecule has 2 N–H and O–H groups in total. The van der Waals surface area contributed by atoms with Crippen molar-refractivity contribution in [2.24, 2.45) is 4.99 Å². The number of nitrogens with one attached hydrogen (secondary N) is 2. The molecule has 0 amide bonds. The van der Waals surface area contributed by atoms with Crippen LogP contribution in [0.1, 0.15) is 0 Å². The van der Waals surface area contributed by atoms with Gasteiger partial charge in [0.1, 0.15) is 0 Å². The second kappa shape index (κ2) is 5.07. The van der Waals surface area contributed by atoms with Gasteiger partial charge in [0.05, 0.1) is 6.54 Å². The van der Waals surface area contributed by atoms with Crippen molar-refractivity contribution in [3.8, 4) is 0 Å². The minimum Gasteiger partial charge on any atom is -0.359 e. The maximum Gasteiger partial charge on any atom is 0.190 e. The van der Waals surface area contributed by atoms with Crippen molar-refractivity contribution in [3.05, 3.63) is 6.33 Å². The highest BCUT2D eigenvalue weighted by Crippen LogP contribution is 1.73. The zero-order chi connectivity index (χ0) is 9.52. The summed E-state index contributed by atoms with van der Waals surface area (Å²) in [4.78, 5) is 5.46. The minimum atomic E-state index is 0.667. The lowest BCUT2D eigenvalue weighted by atomic mass is 10.6. The number of hydrogen-bond acceptors (Lipinski definition) is 4. The van der Waals surface area contributed by atoms with Crippen LogP contribution in [0.3, 0.4) is 0 Å². The molecule has 0 bridgehead atoms. The normalized spacial score (nSPS) is 11.4. The Morgan fingerprint density at radius 2 is 2.46 bits per heavy atom. The molecule has 1 heterocycles. The quantitative estimate of drug-likeness (QED) is 0.439. The maximum atomic E-state index is 3.95. The summed E-state index contributed by atoms with van der Waals surface area (Å²) in [5, 5.41) is 17.1. The standard InChI is InChI=1S/C6H13N7/c1-7-6(8-2)9-3-4-13-11-5-10-12-13/h5H,3-4H2,1-2H3,(H2,7,8,9). The van der Waals surface area contributed by atoms with E-state index in [1.165, 1.54) is 11.1 Å². The molecule has 0 radical (unpaired) electrons. The molecule has 0 atom stereocenters. The second-order valence-electron chi connectivity index (χ2n) is 2.28. The molecule has 0 aliphatic heterocycles. The number of nitrogens with zero attached hydrogens (tertiary/aromatic N) is 5. The molecule has 0 saturated heterocycles. The zero-order valence-electron chi connectivity index (χ0n) is 7.73. The monoisotopic (exact) mass is 183 g/mol. The lowest BCUT2D eigenvalue weighted by Gasteiger charge is -2.06. The Kier molecular flexibility index (Phi) is 3.68. The van der Waals surface area contributed by atoms with Crippen LogP contribution in [0.5, 0.6) is 0 Å². The van der Waals surface area contributed by atoms with Crippen molar-refractivity contribution in [2.75, 3.05) is 20.6 Å². The van der Waals surface area contributed by atoms with Crippen molar-refractivity contribution < 1.29 is 0 Å². The van der Waals surface area contributed by atoms with Crippen molar-refractivity contribution >= 4 is 5.96 Å². The highest BCUT2D eigenvalue weighted by atomic mass is 15.6.